The Labute approximate surface area is 198 Å². The average Bonchev–Trinajstić information content (AvgIpc) is 2.82. The lowest BCUT2D eigenvalue weighted by Gasteiger charge is -2.11. The zero-order valence-corrected chi connectivity index (χ0v) is 19.0. The molecule has 33 heavy (non-hydrogen) atoms. The molecule has 3 rings (SSSR count). The number of carbonyl (C=O) groups is 1. The van der Waals surface area contributed by atoms with Gasteiger partial charge in [0.15, 0.2) is 0 Å². The van der Waals surface area contributed by atoms with Gasteiger partial charge in [-0.25, -0.2) is 0 Å². The molecule has 0 saturated carbocycles. The van der Waals surface area contributed by atoms with Crippen LogP contribution < -0.4 is 14.8 Å². The molecule has 0 aliphatic rings. The van der Waals surface area contributed by atoms with Gasteiger partial charge in [0.05, 0.1) is 18.1 Å². The first-order valence-corrected chi connectivity index (χ1v) is 10.4. The van der Waals surface area contributed by atoms with Gasteiger partial charge in [-0.15, -0.1) is 0 Å². The SMILES string of the molecule is COc1ccc(NC(=O)/C(C#N)=C/c2cc(Br)ccc2OCc2ccccc2)c([N+](=O)[O-])c1. The molecular formula is C24H18BrN3O5. The van der Waals surface area contributed by atoms with Crippen molar-refractivity contribution in [2.75, 3.05) is 12.4 Å². The first-order chi connectivity index (χ1) is 15.9. The normalized spacial score (nSPS) is 10.8. The van der Waals surface area contributed by atoms with Gasteiger partial charge in [-0.05, 0) is 42.0 Å². The molecule has 0 bridgehead atoms. The van der Waals surface area contributed by atoms with E-state index in [1.54, 1.807) is 18.2 Å². The van der Waals surface area contributed by atoms with E-state index in [2.05, 4.69) is 21.2 Å². The molecule has 8 nitrogen and oxygen atoms in total. The minimum atomic E-state index is -0.792. The molecule has 0 atom stereocenters. The minimum absolute atomic E-state index is 0.0539. The number of rotatable bonds is 8. The van der Waals surface area contributed by atoms with Crippen molar-refractivity contribution >= 4 is 39.3 Å². The van der Waals surface area contributed by atoms with Gasteiger partial charge in [-0.1, -0.05) is 46.3 Å². The van der Waals surface area contributed by atoms with E-state index in [4.69, 9.17) is 9.47 Å². The quantitative estimate of drug-likeness (QED) is 0.186. The average molecular weight is 508 g/mol. The highest BCUT2D eigenvalue weighted by Gasteiger charge is 2.19. The number of hydrogen-bond donors (Lipinski definition) is 1. The summed E-state index contributed by atoms with van der Waals surface area (Å²) in [5.74, 6) is -0.0529. The molecule has 0 spiro atoms. The van der Waals surface area contributed by atoms with E-state index in [0.29, 0.717) is 17.9 Å². The van der Waals surface area contributed by atoms with Gasteiger partial charge in [0.1, 0.15) is 35.4 Å². The Morgan fingerprint density at radius 1 is 1.18 bits per heavy atom. The van der Waals surface area contributed by atoms with E-state index in [-0.39, 0.29) is 22.7 Å². The fourth-order valence-corrected chi connectivity index (χ4v) is 3.27. The van der Waals surface area contributed by atoms with Crippen LogP contribution in [0, 0.1) is 21.4 Å². The summed E-state index contributed by atoms with van der Waals surface area (Å²) in [4.78, 5) is 23.5. The largest absolute Gasteiger partial charge is 0.496 e. The maximum atomic E-state index is 12.7. The number of nitro benzene ring substituents is 1. The van der Waals surface area contributed by atoms with Crippen LogP contribution in [0.4, 0.5) is 11.4 Å². The number of hydrogen-bond acceptors (Lipinski definition) is 6. The zero-order chi connectivity index (χ0) is 23.8. The van der Waals surface area contributed by atoms with Gasteiger partial charge in [0.25, 0.3) is 11.6 Å². The summed E-state index contributed by atoms with van der Waals surface area (Å²) >= 11 is 3.38. The fourth-order valence-electron chi connectivity index (χ4n) is 2.89. The van der Waals surface area contributed by atoms with Crippen molar-refractivity contribution in [2.45, 2.75) is 6.61 Å². The van der Waals surface area contributed by atoms with E-state index in [1.807, 2.05) is 36.4 Å². The second-order valence-corrected chi connectivity index (χ2v) is 7.64. The standard InChI is InChI=1S/C24H18BrN3O5/c1-32-20-8-9-21(22(13-20)28(30)31)27-24(29)18(14-26)11-17-12-19(25)7-10-23(17)33-15-16-5-3-2-4-6-16/h2-13H,15H2,1H3,(H,27,29)/b18-11+. The predicted molar refractivity (Wildman–Crippen MR) is 127 cm³/mol. The first-order valence-electron chi connectivity index (χ1n) is 9.63. The number of anilines is 1. The second-order valence-electron chi connectivity index (χ2n) is 6.72. The number of amides is 1. The third-order valence-corrected chi connectivity index (χ3v) is 5.02. The summed E-state index contributed by atoms with van der Waals surface area (Å²) in [6.07, 6.45) is 1.37. The molecule has 1 amide bonds. The number of nitrogens with zero attached hydrogens (tertiary/aromatic N) is 2. The summed E-state index contributed by atoms with van der Waals surface area (Å²) < 4.78 is 11.6. The molecule has 166 valence electrons. The number of benzene rings is 3. The van der Waals surface area contributed by atoms with E-state index < -0.39 is 10.8 Å². The van der Waals surface area contributed by atoms with Gasteiger partial charge in [0.2, 0.25) is 0 Å². The van der Waals surface area contributed by atoms with Crippen molar-refractivity contribution in [1.82, 2.24) is 0 Å². The first kappa shape index (κ1) is 23.5. The van der Waals surface area contributed by atoms with E-state index in [0.717, 1.165) is 10.0 Å². The third kappa shape index (κ3) is 6.18. The molecule has 0 heterocycles. The van der Waals surface area contributed by atoms with Crippen LogP contribution in [0.15, 0.2) is 76.8 Å². The summed E-state index contributed by atoms with van der Waals surface area (Å²) in [6, 6.07) is 20.6. The van der Waals surface area contributed by atoms with E-state index in [1.165, 1.54) is 31.4 Å². The highest BCUT2D eigenvalue weighted by Crippen LogP contribution is 2.30. The lowest BCUT2D eigenvalue weighted by atomic mass is 10.1. The van der Waals surface area contributed by atoms with Gasteiger partial charge in [-0.2, -0.15) is 5.26 Å². The summed E-state index contributed by atoms with van der Waals surface area (Å²) in [6.45, 7) is 0.301. The molecule has 9 heteroatoms. The topological polar surface area (TPSA) is 114 Å². The molecule has 1 N–H and O–H groups in total. The molecule has 3 aromatic rings. The smallest absolute Gasteiger partial charge is 0.296 e. The summed E-state index contributed by atoms with van der Waals surface area (Å²) in [5, 5.41) is 23.4. The third-order valence-electron chi connectivity index (χ3n) is 4.52. The Bertz CT molecular complexity index is 1250. The number of nitrogens with one attached hydrogen (secondary N) is 1. The Hall–Kier alpha value is -4.16. The Balaban J connectivity index is 1.87. The van der Waals surface area contributed by atoms with Gasteiger partial charge >= 0.3 is 0 Å². The molecule has 0 radical (unpaired) electrons. The highest BCUT2D eigenvalue weighted by molar-refractivity contribution is 9.10. The van der Waals surface area contributed by atoms with Gasteiger partial charge < -0.3 is 14.8 Å². The second kappa shape index (κ2) is 10.9. The number of nitriles is 1. The van der Waals surface area contributed by atoms with Crippen molar-refractivity contribution in [1.29, 1.82) is 5.26 Å². The van der Waals surface area contributed by atoms with Crippen LogP contribution >= 0.6 is 15.9 Å². The Kier molecular flexibility index (Phi) is 7.78. The lowest BCUT2D eigenvalue weighted by Crippen LogP contribution is -2.14. The highest BCUT2D eigenvalue weighted by atomic mass is 79.9. The van der Waals surface area contributed by atoms with Crippen molar-refractivity contribution in [2.24, 2.45) is 0 Å². The van der Waals surface area contributed by atoms with Crippen molar-refractivity contribution < 1.29 is 19.2 Å². The molecule has 0 saturated heterocycles. The minimum Gasteiger partial charge on any atom is -0.496 e. The maximum absolute atomic E-state index is 12.7. The number of ether oxygens (including phenoxy) is 2. The molecule has 0 aliphatic heterocycles. The molecule has 3 aromatic carbocycles. The summed E-state index contributed by atoms with van der Waals surface area (Å²) in [7, 11) is 1.38. The number of carbonyl (C=O) groups excluding carboxylic acids is 1. The van der Waals surface area contributed by atoms with Gasteiger partial charge in [0, 0.05) is 10.0 Å². The lowest BCUT2D eigenvalue weighted by molar-refractivity contribution is -0.384. The van der Waals surface area contributed by atoms with Crippen LogP contribution in [0.3, 0.4) is 0 Å². The van der Waals surface area contributed by atoms with E-state index >= 15 is 0 Å². The fraction of sp³-hybridized carbons (Fsp3) is 0.0833. The zero-order valence-electron chi connectivity index (χ0n) is 17.4. The summed E-state index contributed by atoms with van der Waals surface area (Å²) in [5.41, 5.74) is 0.801. The molecule has 0 aromatic heterocycles. The van der Waals surface area contributed by atoms with Crippen LogP contribution in [0.25, 0.3) is 6.08 Å². The van der Waals surface area contributed by atoms with Gasteiger partial charge in [-0.3, -0.25) is 14.9 Å². The van der Waals surface area contributed by atoms with Crippen molar-refractivity contribution in [3.63, 3.8) is 0 Å². The number of halogens is 1. The van der Waals surface area contributed by atoms with Crippen molar-refractivity contribution in [3.05, 3.63) is 98.0 Å². The Morgan fingerprint density at radius 3 is 2.61 bits per heavy atom. The number of methoxy groups -OCH3 is 1. The molecule has 0 unspecified atom stereocenters. The maximum Gasteiger partial charge on any atom is 0.296 e. The van der Waals surface area contributed by atoms with E-state index in [9.17, 15) is 20.2 Å². The number of nitro groups is 1. The Morgan fingerprint density at radius 2 is 1.94 bits per heavy atom. The van der Waals surface area contributed by atoms with Crippen LogP contribution in [0.2, 0.25) is 0 Å². The monoisotopic (exact) mass is 507 g/mol. The molecule has 0 aliphatic carbocycles. The molecule has 0 fully saturated rings. The molecular weight excluding hydrogens is 490 g/mol. The van der Waals surface area contributed by atoms with Crippen LogP contribution in [-0.2, 0) is 11.4 Å². The van der Waals surface area contributed by atoms with Crippen LogP contribution in [-0.4, -0.2) is 17.9 Å². The van der Waals surface area contributed by atoms with Crippen LogP contribution in [0.5, 0.6) is 11.5 Å². The van der Waals surface area contributed by atoms with Crippen LogP contribution in [0.1, 0.15) is 11.1 Å². The predicted octanol–water partition coefficient (Wildman–Crippen LogP) is 5.49. The van der Waals surface area contributed by atoms with Crippen molar-refractivity contribution in [3.8, 4) is 17.6 Å².